The molecule has 1 nitrogen and oxygen atoms in total. The first kappa shape index (κ1) is 11.3. The first-order valence-electron chi connectivity index (χ1n) is 5.40. The van der Waals surface area contributed by atoms with Gasteiger partial charge in [0, 0.05) is 6.10 Å². The SMILES string of the molecule is CC(C)(C)[Si](C)(C)O[C@H]1C[C@@H](C)C1. The van der Waals surface area contributed by atoms with Crippen LogP contribution < -0.4 is 0 Å². The molecule has 0 aromatic heterocycles. The fourth-order valence-corrected chi connectivity index (χ4v) is 2.90. The Kier molecular flexibility index (Phi) is 2.94. The lowest BCUT2D eigenvalue weighted by Gasteiger charge is -2.44. The molecule has 0 atom stereocenters. The van der Waals surface area contributed by atoms with Crippen LogP contribution in [0.1, 0.15) is 40.5 Å². The van der Waals surface area contributed by atoms with Crippen molar-refractivity contribution in [2.24, 2.45) is 5.92 Å². The van der Waals surface area contributed by atoms with Crippen molar-refractivity contribution >= 4 is 8.32 Å². The first-order chi connectivity index (χ1) is 5.72. The average Bonchev–Trinajstić information content (AvgIpc) is 1.80. The van der Waals surface area contributed by atoms with E-state index in [0.717, 1.165) is 5.92 Å². The Balaban J connectivity index is 2.43. The van der Waals surface area contributed by atoms with E-state index in [-0.39, 0.29) is 0 Å². The van der Waals surface area contributed by atoms with Gasteiger partial charge in [-0.2, -0.15) is 0 Å². The van der Waals surface area contributed by atoms with E-state index in [0.29, 0.717) is 11.1 Å². The molecular formula is C11H24OSi. The third kappa shape index (κ3) is 2.56. The third-order valence-corrected chi connectivity index (χ3v) is 8.13. The van der Waals surface area contributed by atoms with E-state index in [1.54, 1.807) is 0 Å². The fraction of sp³-hybridized carbons (Fsp3) is 1.00. The summed E-state index contributed by atoms with van der Waals surface area (Å²) in [4.78, 5) is 0. The summed E-state index contributed by atoms with van der Waals surface area (Å²) in [6.45, 7) is 13.9. The van der Waals surface area contributed by atoms with E-state index in [1.807, 2.05) is 0 Å². The van der Waals surface area contributed by atoms with E-state index < -0.39 is 8.32 Å². The van der Waals surface area contributed by atoms with Crippen LogP contribution in [0.5, 0.6) is 0 Å². The van der Waals surface area contributed by atoms with Crippen molar-refractivity contribution in [1.82, 2.24) is 0 Å². The molecule has 1 aliphatic carbocycles. The minimum atomic E-state index is -1.47. The monoisotopic (exact) mass is 200 g/mol. The zero-order valence-electron chi connectivity index (χ0n) is 9.98. The zero-order valence-corrected chi connectivity index (χ0v) is 11.0. The lowest BCUT2D eigenvalue weighted by molar-refractivity contribution is 0.0609. The van der Waals surface area contributed by atoms with Crippen LogP contribution in [0.15, 0.2) is 0 Å². The van der Waals surface area contributed by atoms with E-state index in [1.165, 1.54) is 12.8 Å². The van der Waals surface area contributed by atoms with Gasteiger partial charge in [-0.05, 0) is 36.9 Å². The topological polar surface area (TPSA) is 9.23 Å². The fourth-order valence-electron chi connectivity index (χ4n) is 1.52. The lowest BCUT2D eigenvalue weighted by atomic mass is 9.84. The maximum Gasteiger partial charge on any atom is 0.192 e. The molecule has 1 rings (SSSR count). The molecule has 2 heteroatoms. The summed E-state index contributed by atoms with van der Waals surface area (Å²) >= 11 is 0. The van der Waals surface area contributed by atoms with Crippen LogP contribution in [0, 0.1) is 5.92 Å². The maximum atomic E-state index is 6.25. The molecule has 0 heterocycles. The highest BCUT2D eigenvalue weighted by Crippen LogP contribution is 2.41. The minimum Gasteiger partial charge on any atom is -0.414 e. The van der Waals surface area contributed by atoms with Crippen molar-refractivity contribution in [2.75, 3.05) is 0 Å². The van der Waals surface area contributed by atoms with Crippen molar-refractivity contribution in [3.8, 4) is 0 Å². The van der Waals surface area contributed by atoms with Gasteiger partial charge >= 0.3 is 0 Å². The summed E-state index contributed by atoms with van der Waals surface area (Å²) in [5, 5.41) is 0.367. The maximum absolute atomic E-state index is 6.25. The van der Waals surface area contributed by atoms with E-state index in [4.69, 9.17) is 4.43 Å². The molecule has 13 heavy (non-hydrogen) atoms. The molecule has 1 aliphatic rings. The van der Waals surface area contributed by atoms with Gasteiger partial charge in [-0.25, -0.2) is 0 Å². The smallest absolute Gasteiger partial charge is 0.192 e. The second kappa shape index (κ2) is 3.39. The van der Waals surface area contributed by atoms with Gasteiger partial charge in [-0.1, -0.05) is 27.7 Å². The van der Waals surface area contributed by atoms with Crippen LogP contribution in [0.4, 0.5) is 0 Å². The second-order valence-electron chi connectivity index (χ2n) is 6.08. The molecule has 0 spiro atoms. The molecule has 0 saturated heterocycles. The van der Waals surface area contributed by atoms with E-state index >= 15 is 0 Å². The Hall–Kier alpha value is 0.177. The number of hydrogen-bond acceptors (Lipinski definition) is 1. The van der Waals surface area contributed by atoms with Crippen LogP contribution in [-0.2, 0) is 4.43 Å². The predicted molar refractivity (Wildman–Crippen MR) is 60.5 cm³/mol. The van der Waals surface area contributed by atoms with E-state index in [9.17, 15) is 0 Å². The molecule has 0 bridgehead atoms. The highest BCUT2D eigenvalue weighted by Gasteiger charge is 2.41. The summed E-state index contributed by atoms with van der Waals surface area (Å²) in [5.41, 5.74) is 0. The highest BCUT2D eigenvalue weighted by molar-refractivity contribution is 6.74. The van der Waals surface area contributed by atoms with Crippen molar-refractivity contribution in [1.29, 1.82) is 0 Å². The summed E-state index contributed by atoms with van der Waals surface area (Å²) in [6.07, 6.45) is 3.15. The van der Waals surface area contributed by atoms with Gasteiger partial charge in [-0.15, -0.1) is 0 Å². The highest BCUT2D eigenvalue weighted by atomic mass is 28.4. The number of hydrogen-bond donors (Lipinski definition) is 0. The lowest BCUT2D eigenvalue weighted by Crippen LogP contribution is -2.47. The molecule has 0 aromatic carbocycles. The molecule has 0 aromatic rings. The molecule has 1 fully saturated rings. The van der Waals surface area contributed by atoms with Crippen LogP contribution >= 0.6 is 0 Å². The Bertz CT molecular complexity index is 175. The first-order valence-corrected chi connectivity index (χ1v) is 8.31. The van der Waals surface area contributed by atoms with Crippen molar-refractivity contribution in [3.63, 3.8) is 0 Å². The molecule has 78 valence electrons. The quantitative estimate of drug-likeness (QED) is 0.616. The second-order valence-corrected chi connectivity index (χ2v) is 10.8. The molecule has 0 amide bonds. The summed E-state index contributed by atoms with van der Waals surface area (Å²) < 4.78 is 6.25. The Morgan fingerprint density at radius 1 is 1.15 bits per heavy atom. The normalized spacial score (nSPS) is 30.0. The van der Waals surface area contributed by atoms with Gasteiger partial charge in [0.15, 0.2) is 8.32 Å². The molecule has 0 radical (unpaired) electrons. The molecule has 0 unspecified atom stereocenters. The molecule has 0 N–H and O–H groups in total. The van der Waals surface area contributed by atoms with Crippen LogP contribution in [0.3, 0.4) is 0 Å². The van der Waals surface area contributed by atoms with Crippen molar-refractivity contribution in [2.45, 2.75) is 64.8 Å². The summed E-state index contributed by atoms with van der Waals surface area (Å²) in [7, 11) is -1.47. The predicted octanol–water partition coefficient (Wildman–Crippen LogP) is 3.81. The largest absolute Gasteiger partial charge is 0.414 e. The molecule has 0 aliphatic heterocycles. The van der Waals surface area contributed by atoms with Crippen LogP contribution in [-0.4, -0.2) is 14.4 Å². The summed E-state index contributed by atoms with van der Waals surface area (Å²) in [5.74, 6) is 0.898. The van der Waals surface area contributed by atoms with Gasteiger partial charge in [0.25, 0.3) is 0 Å². The number of rotatable bonds is 2. The van der Waals surface area contributed by atoms with Crippen molar-refractivity contribution in [3.05, 3.63) is 0 Å². The Morgan fingerprint density at radius 2 is 1.62 bits per heavy atom. The van der Waals surface area contributed by atoms with Gasteiger partial charge in [-0.3, -0.25) is 0 Å². The van der Waals surface area contributed by atoms with Gasteiger partial charge in [0.1, 0.15) is 0 Å². The standard InChI is InChI=1S/C11H24OSi/c1-9-7-10(8-9)12-13(5,6)11(2,3)4/h9-10H,7-8H2,1-6H3/t9-,10+. The molecular weight excluding hydrogens is 176 g/mol. The van der Waals surface area contributed by atoms with Crippen molar-refractivity contribution < 1.29 is 4.43 Å². The van der Waals surface area contributed by atoms with Crippen LogP contribution in [0.25, 0.3) is 0 Å². The van der Waals surface area contributed by atoms with E-state index in [2.05, 4.69) is 40.8 Å². The zero-order chi connectivity index (χ0) is 10.3. The Labute approximate surface area is 84.0 Å². The molecule has 1 saturated carbocycles. The average molecular weight is 200 g/mol. The van der Waals surface area contributed by atoms with Gasteiger partial charge in [0.05, 0.1) is 0 Å². The van der Waals surface area contributed by atoms with Gasteiger partial charge in [0.2, 0.25) is 0 Å². The Morgan fingerprint density at radius 3 is 1.92 bits per heavy atom. The minimum absolute atomic E-state index is 0.367. The summed E-state index contributed by atoms with van der Waals surface area (Å²) in [6, 6.07) is 0. The van der Waals surface area contributed by atoms with Crippen LogP contribution in [0.2, 0.25) is 18.1 Å². The van der Waals surface area contributed by atoms with Gasteiger partial charge < -0.3 is 4.43 Å². The third-order valence-electron chi connectivity index (χ3n) is 3.60.